The molecule has 1 unspecified atom stereocenters. The molecule has 2 aromatic rings. The molecule has 230 valence electrons. The van der Waals surface area contributed by atoms with Crippen LogP contribution >= 0.6 is 0 Å². The summed E-state index contributed by atoms with van der Waals surface area (Å²) in [6, 6.07) is 0.725. The Hall–Kier alpha value is -3.41. The summed E-state index contributed by atoms with van der Waals surface area (Å²) in [7, 11) is 0. The normalized spacial score (nSPS) is 19.4. The van der Waals surface area contributed by atoms with Crippen LogP contribution in [0.25, 0.3) is 6.08 Å². The average Bonchev–Trinajstić information content (AvgIpc) is 3.45. The summed E-state index contributed by atoms with van der Waals surface area (Å²) >= 11 is 0. The lowest BCUT2D eigenvalue weighted by atomic mass is 9.81. The van der Waals surface area contributed by atoms with Crippen molar-refractivity contribution in [2.24, 2.45) is 16.9 Å². The Labute approximate surface area is 245 Å². The van der Waals surface area contributed by atoms with E-state index >= 15 is 0 Å². The summed E-state index contributed by atoms with van der Waals surface area (Å²) in [4.78, 5) is 30.9. The molecule has 2 saturated carbocycles. The van der Waals surface area contributed by atoms with E-state index in [0.717, 1.165) is 18.4 Å². The van der Waals surface area contributed by atoms with Crippen LogP contribution in [0.4, 0.5) is 8.78 Å². The lowest BCUT2D eigenvalue weighted by molar-refractivity contribution is -0.125. The van der Waals surface area contributed by atoms with Gasteiger partial charge in [-0.15, -0.1) is 0 Å². The molecule has 2 aromatic heterocycles. The number of imidazole rings is 1. The third-order valence-electron chi connectivity index (χ3n) is 7.97. The number of halogens is 2. The van der Waals surface area contributed by atoms with Crippen LogP contribution in [0.15, 0.2) is 29.1 Å². The Morgan fingerprint density at radius 1 is 1.21 bits per heavy atom. The second kappa shape index (κ2) is 12.4. The number of aliphatic hydroxyl groups is 1. The van der Waals surface area contributed by atoms with Crippen LogP contribution in [-0.2, 0) is 4.79 Å². The van der Waals surface area contributed by atoms with Gasteiger partial charge >= 0.3 is 0 Å². The van der Waals surface area contributed by atoms with Crippen LogP contribution < -0.4 is 10.6 Å². The number of carbonyl (C=O) groups is 2. The van der Waals surface area contributed by atoms with Gasteiger partial charge in [0.25, 0.3) is 5.91 Å². The number of rotatable bonds is 12. The van der Waals surface area contributed by atoms with Crippen LogP contribution in [-0.4, -0.2) is 60.6 Å². The van der Waals surface area contributed by atoms with Crippen LogP contribution in [0, 0.1) is 11.8 Å². The third kappa shape index (κ3) is 7.90. The van der Waals surface area contributed by atoms with E-state index in [2.05, 4.69) is 27.6 Å². The van der Waals surface area contributed by atoms with Gasteiger partial charge in [-0.25, -0.2) is 18.4 Å². The standard InChI is InChI=1S/C30H43F2N7O3/c1-18(2)39-23(11-14-34-39)28(41)37-27(21-9-12-30(31,32)13-10-21)22-17-38(33-6)24(35-22)15-19(3)26(20-7-8-20)36-25(40)16-29(4,5)42/h11,14-15,17-18,20-21,26-27,42H,6-10,12-13,16H2,1-5H3,(H,36,40)(H,37,41)/b19-15+/t26?,27-/m0/s1. The summed E-state index contributed by atoms with van der Waals surface area (Å²) in [6.07, 6.45) is 6.94. The van der Waals surface area contributed by atoms with Crippen LogP contribution in [0.1, 0.15) is 114 Å². The molecule has 0 radical (unpaired) electrons. The SMILES string of the molecule is C=Nn1cc([C@@H](NC(=O)c2ccnn2C(C)C)C2CCC(F)(F)CC2)nc1/C=C(\C)C(NC(=O)CC(C)(C)O)C1CC1. The molecule has 2 aliphatic carbocycles. The highest BCUT2D eigenvalue weighted by Gasteiger charge is 2.40. The minimum Gasteiger partial charge on any atom is -0.390 e. The maximum atomic E-state index is 14.1. The zero-order valence-electron chi connectivity index (χ0n) is 25.1. The molecule has 0 spiro atoms. The first-order valence-corrected chi connectivity index (χ1v) is 14.7. The van der Waals surface area contributed by atoms with Gasteiger partial charge in [-0.3, -0.25) is 14.3 Å². The molecule has 0 saturated heterocycles. The quantitative estimate of drug-likeness (QED) is 0.305. The van der Waals surface area contributed by atoms with E-state index in [0.29, 0.717) is 17.2 Å². The number of alkyl halides is 2. The molecule has 10 nitrogen and oxygen atoms in total. The van der Waals surface area contributed by atoms with Gasteiger partial charge in [0.05, 0.1) is 36.0 Å². The molecule has 2 fully saturated rings. The first kappa shape index (κ1) is 31.5. The Balaban J connectivity index is 1.63. The lowest BCUT2D eigenvalue weighted by Gasteiger charge is -2.33. The van der Waals surface area contributed by atoms with Crippen molar-refractivity contribution >= 4 is 24.6 Å². The van der Waals surface area contributed by atoms with Gasteiger partial charge < -0.3 is 15.7 Å². The fourth-order valence-corrected chi connectivity index (χ4v) is 5.66. The van der Waals surface area contributed by atoms with E-state index in [1.54, 1.807) is 37.0 Å². The van der Waals surface area contributed by atoms with Crippen LogP contribution in [0.5, 0.6) is 0 Å². The summed E-state index contributed by atoms with van der Waals surface area (Å²) < 4.78 is 31.3. The predicted molar refractivity (Wildman–Crippen MR) is 156 cm³/mol. The molecular formula is C30H43F2N7O3. The molecule has 0 aliphatic heterocycles. The summed E-state index contributed by atoms with van der Waals surface area (Å²) in [5.74, 6) is -2.84. The average molecular weight is 588 g/mol. The summed E-state index contributed by atoms with van der Waals surface area (Å²) in [5.41, 5.74) is 0.614. The molecule has 0 aromatic carbocycles. The number of hydrogen-bond donors (Lipinski definition) is 3. The third-order valence-corrected chi connectivity index (χ3v) is 7.97. The van der Waals surface area contributed by atoms with E-state index in [1.165, 1.54) is 4.68 Å². The second-order valence-corrected chi connectivity index (χ2v) is 12.7. The molecule has 2 aliphatic rings. The largest absolute Gasteiger partial charge is 0.390 e. The van der Waals surface area contributed by atoms with Crippen molar-refractivity contribution in [1.82, 2.24) is 30.1 Å². The highest BCUT2D eigenvalue weighted by atomic mass is 19.3. The molecule has 42 heavy (non-hydrogen) atoms. The molecule has 2 atom stereocenters. The monoisotopic (exact) mass is 587 g/mol. The molecule has 3 N–H and O–H groups in total. The Morgan fingerprint density at radius 2 is 1.88 bits per heavy atom. The van der Waals surface area contributed by atoms with Gasteiger partial charge in [0.15, 0.2) is 5.82 Å². The molecule has 0 bridgehead atoms. The van der Waals surface area contributed by atoms with E-state index in [-0.39, 0.29) is 67.8 Å². The summed E-state index contributed by atoms with van der Waals surface area (Å²) in [6.45, 7) is 12.6. The topological polar surface area (TPSA) is 126 Å². The molecule has 2 amide bonds. The Bertz CT molecular complexity index is 1310. The van der Waals surface area contributed by atoms with E-state index in [4.69, 9.17) is 4.98 Å². The minimum absolute atomic E-state index is 0.0198. The first-order chi connectivity index (χ1) is 19.7. The van der Waals surface area contributed by atoms with E-state index in [1.807, 2.05) is 26.8 Å². The van der Waals surface area contributed by atoms with E-state index in [9.17, 15) is 23.5 Å². The van der Waals surface area contributed by atoms with Gasteiger partial charge in [-0.2, -0.15) is 10.2 Å². The van der Waals surface area contributed by atoms with Crippen molar-refractivity contribution in [3.05, 3.63) is 41.2 Å². The number of nitrogens with zero attached hydrogens (tertiary/aromatic N) is 5. The predicted octanol–water partition coefficient (Wildman–Crippen LogP) is 4.88. The van der Waals surface area contributed by atoms with Gasteiger partial charge in [-0.1, -0.05) is 0 Å². The zero-order chi connectivity index (χ0) is 30.8. The maximum absolute atomic E-state index is 14.1. The fraction of sp³-hybridized carbons (Fsp3) is 0.633. The number of hydrogen-bond acceptors (Lipinski definition) is 6. The fourth-order valence-electron chi connectivity index (χ4n) is 5.66. The van der Waals surface area contributed by atoms with Crippen molar-refractivity contribution in [3.63, 3.8) is 0 Å². The maximum Gasteiger partial charge on any atom is 0.270 e. The Morgan fingerprint density at radius 3 is 2.45 bits per heavy atom. The molecule has 2 heterocycles. The molecule has 12 heteroatoms. The van der Waals surface area contributed by atoms with Crippen LogP contribution in [0.2, 0.25) is 0 Å². The van der Waals surface area contributed by atoms with Crippen LogP contribution in [0.3, 0.4) is 0 Å². The zero-order valence-corrected chi connectivity index (χ0v) is 25.1. The van der Waals surface area contributed by atoms with Gasteiger partial charge in [0, 0.05) is 31.8 Å². The van der Waals surface area contributed by atoms with Crippen molar-refractivity contribution in [2.45, 2.75) is 109 Å². The number of carbonyl (C=O) groups excluding carboxylic acids is 2. The highest BCUT2D eigenvalue weighted by molar-refractivity contribution is 5.92. The lowest BCUT2D eigenvalue weighted by Crippen LogP contribution is -2.40. The molecule has 4 rings (SSSR count). The van der Waals surface area contributed by atoms with Crippen molar-refractivity contribution in [3.8, 4) is 0 Å². The Kier molecular flexibility index (Phi) is 9.34. The number of aromatic nitrogens is 4. The minimum atomic E-state index is -2.72. The summed E-state index contributed by atoms with van der Waals surface area (Å²) in [5, 5.41) is 24.5. The number of nitrogens with one attached hydrogen (secondary N) is 2. The van der Waals surface area contributed by atoms with Gasteiger partial charge in [-0.05, 0) is 89.9 Å². The van der Waals surface area contributed by atoms with Crippen molar-refractivity contribution in [2.75, 3.05) is 0 Å². The van der Waals surface area contributed by atoms with Gasteiger partial charge in [0.1, 0.15) is 5.69 Å². The van der Waals surface area contributed by atoms with E-state index < -0.39 is 17.6 Å². The second-order valence-electron chi connectivity index (χ2n) is 12.7. The van der Waals surface area contributed by atoms with Crippen molar-refractivity contribution < 1.29 is 23.5 Å². The van der Waals surface area contributed by atoms with Crippen molar-refractivity contribution in [1.29, 1.82) is 0 Å². The van der Waals surface area contributed by atoms with Gasteiger partial charge in [0.2, 0.25) is 11.8 Å². The molecular weight excluding hydrogens is 544 g/mol. The highest BCUT2D eigenvalue weighted by Crippen LogP contribution is 2.42. The smallest absolute Gasteiger partial charge is 0.270 e. The number of amides is 2. The first-order valence-electron chi connectivity index (χ1n) is 14.7.